The van der Waals surface area contributed by atoms with Crippen LogP contribution in [0.15, 0.2) is 84.9 Å². The Balaban J connectivity index is 2.05. The molecule has 7 nitrogen and oxygen atoms in total. The van der Waals surface area contributed by atoms with E-state index in [1.54, 1.807) is 54.6 Å². The summed E-state index contributed by atoms with van der Waals surface area (Å²) >= 11 is 6.07. The van der Waals surface area contributed by atoms with E-state index in [0.29, 0.717) is 10.7 Å². The van der Waals surface area contributed by atoms with Crippen molar-refractivity contribution in [3.05, 3.63) is 101 Å². The van der Waals surface area contributed by atoms with Crippen molar-refractivity contribution in [3.63, 3.8) is 0 Å². The number of nitrogens with one attached hydrogen (secondary N) is 1. The van der Waals surface area contributed by atoms with Gasteiger partial charge in [0.05, 0.1) is 11.9 Å². The average molecular weight is 556 g/mol. The van der Waals surface area contributed by atoms with Crippen molar-refractivity contribution in [1.82, 2.24) is 10.2 Å². The first kappa shape index (κ1) is 29.2. The number of nitrogens with zero attached hydrogens (tertiary/aromatic N) is 2. The number of carbonyl (C=O) groups is 2. The van der Waals surface area contributed by atoms with E-state index in [1.807, 2.05) is 51.1 Å². The molecule has 9 heteroatoms. The maximum atomic E-state index is 14.0. The number of sulfonamides is 1. The van der Waals surface area contributed by atoms with E-state index in [4.69, 9.17) is 11.6 Å². The zero-order valence-electron chi connectivity index (χ0n) is 22.1. The van der Waals surface area contributed by atoms with Crippen LogP contribution in [0.25, 0.3) is 0 Å². The van der Waals surface area contributed by atoms with Crippen LogP contribution in [0.5, 0.6) is 0 Å². The van der Waals surface area contributed by atoms with Crippen molar-refractivity contribution in [2.24, 2.45) is 0 Å². The molecule has 0 aliphatic heterocycles. The molecule has 0 unspecified atom stereocenters. The van der Waals surface area contributed by atoms with Gasteiger partial charge < -0.3 is 10.2 Å². The number of benzene rings is 3. The van der Waals surface area contributed by atoms with Crippen LogP contribution in [0, 0.1) is 0 Å². The summed E-state index contributed by atoms with van der Waals surface area (Å²) < 4.78 is 26.5. The molecule has 0 heterocycles. The van der Waals surface area contributed by atoms with Crippen LogP contribution >= 0.6 is 11.6 Å². The third-order valence-electron chi connectivity index (χ3n) is 5.76. The molecule has 1 N–H and O–H groups in total. The first-order valence-electron chi connectivity index (χ1n) is 12.3. The molecule has 0 aliphatic rings. The average Bonchev–Trinajstić information content (AvgIpc) is 2.85. The van der Waals surface area contributed by atoms with E-state index in [9.17, 15) is 18.0 Å². The van der Waals surface area contributed by atoms with E-state index in [2.05, 4.69) is 5.32 Å². The molecule has 0 radical (unpaired) electrons. The van der Waals surface area contributed by atoms with Gasteiger partial charge in [-0.15, -0.1) is 0 Å². The minimum Gasteiger partial charge on any atom is -0.350 e. The number of hydrogen-bond donors (Lipinski definition) is 1. The summed E-state index contributed by atoms with van der Waals surface area (Å²) in [5.74, 6) is -0.825. The zero-order chi connectivity index (χ0) is 27.9. The molecule has 2 amide bonds. The second-order valence-electron chi connectivity index (χ2n) is 10.2. The van der Waals surface area contributed by atoms with Gasteiger partial charge in [0.2, 0.25) is 21.8 Å². The fraction of sp³-hybridized carbons (Fsp3) is 0.310. The SMILES string of the molecule is CC(C)(C)NC(=O)[C@@H](Cc1ccccc1)N(Cc1ccc(Cl)cc1)C(=O)CN(c1ccccc1)S(C)(=O)=O. The second kappa shape index (κ2) is 12.5. The fourth-order valence-corrected chi connectivity index (χ4v) is 4.98. The van der Waals surface area contributed by atoms with Crippen LogP contribution < -0.4 is 9.62 Å². The first-order valence-corrected chi connectivity index (χ1v) is 14.5. The van der Waals surface area contributed by atoms with Crippen molar-refractivity contribution >= 4 is 39.1 Å². The molecular weight excluding hydrogens is 522 g/mol. The Kier molecular flexibility index (Phi) is 9.57. The van der Waals surface area contributed by atoms with Gasteiger partial charge in [0.1, 0.15) is 12.6 Å². The van der Waals surface area contributed by atoms with Gasteiger partial charge in [0.25, 0.3) is 0 Å². The Labute approximate surface area is 230 Å². The van der Waals surface area contributed by atoms with Gasteiger partial charge in [-0.2, -0.15) is 0 Å². The summed E-state index contributed by atoms with van der Waals surface area (Å²) in [7, 11) is -3.79. The Morgan fingerprint density at radius 1 is 0.868 bits per heavy atom. The van der Waals surface area contributed by atoms with Gasteiger partial charge >= 0.3 is 0 Å². The number of rotatable bonds is 10. The summed E-state index contributed by atoms with van der Waals surface area (Å²) in [6.07, 6.45) is 1.32. The van der Waals surface area contributed by atoms with Crippen LogP contribution in [-0.4, -0.2) is 49.5 Å². The predicted octanol–water partition coefficient (Wildman–Crippen LogP) is 4.66. The molecule has 0 fully saturated rings. The normalized spacial score (nSPS) is 12.4. The highest BCUT2D eigenvalue weighted by Crippen LogP contribution is 2.21. The van der Waals surface area contributed by atoms with E-state index < -0.39 is 34.1 Å². The van der Waals surface area contributed by atoms with Crippen LogP contribution in [0.1, 0.15) is 31.9 Å². The van der Waals surface area contributed by atoms with Gasteiger partial charge in [-0.3, -0.25) is 13.9 Å². The first-order chi connectivity index (χ1) is 17.8. The summed E-state index contributed by atoms with van der Waals surface area (Å²) in [6, 6.07) is 24.0. The van der Waals surface area contributed by atoms with Crippen LogP contribution in [-0.2, 0) is 32.6 Å². The Morgan fingerprint density at radius 3 is 1.95 bits per heavy atom. The van der Waals surface area contributed by atoms with Gasteiger partial charge in [0.15, 0.2) is 0 Å². The number of carbonyl (C=O) groups excluding carboxylic acids is 2. The van der Waals surface area contributed by atoms with Gasteiger partial charge in [-0.05, 0) is 56.2 Å². The standard InChI is InChI=1S/C29H34ClN3O4S/c1-29(2,3)31-28(35)26(19-22-11-7-5-8-12-22)32(20-23-15-17-24(30)18-16-23)27(34)21-33(38(4,36)37)25-13-9-6-10-14-25/h5-18,26H,19-21H2,1-4H3,(H,31,35)/t26-/m1/s1. The van der Waals surface area contributed by atoms with Crippen LogP contribution in [0.2, 0.25) is 5.02 Å². The smallest absolute Gasteiger partial charge is 0.244 e. The molecule has 0 saturated heterocycles. The Hall–Kier alpha value is -3.36. The molecule has 1 atom stereocenters. The highest BCUT2D eigenvalue weighted by atomic mass is 35.5. The predicted molar refractivity (Wildman–Crippen MR) is 152 cm³/mol. The summed E-state index contributed by atoms with van der Waals surface area (Å²) in [4.78, 5) is 29.1. The number of hydrogen-bond acceptors (Lipinski definition) is 4. The summed E-state index contributed by atoms with van der Waals surface area (Å²) in [5.41, 5.74) is 1.46. The third-order valence-corrected chi connectivity index (χ3v) is 7.15. The molecule has 3 aromatic carbocycles. The number of amides is 2. The lowest BCUT2D eigenvalue weighted by molar-refractivity contribution is -0.140. The van der Waals surface area contributed by atoms with Gasteiger partial charge in [0, 0.05) is 23.5 Å². The molecule has 38 heavy (non-hydrogen) atoms. The van der Waals surface area contributed by atoms with Crippen LogP contribution in [0.3, 0.4) is 0 Å². The van der Waals surface area contributed by atoms with Crippen molar-refractivity contribution < 1.29 is 18.0 Å². The van der Waals surface area contributed by atoms with E-state index >= 15 is 0 Å². The molecule has 0 spiro atoms. The lowest BCUT2D eigenvalue weighted by Gasteiger charge is -2.35. The number of para-hydroxylation sites is 1. The Bertz CT molecular complexity index is 1330. The third kappa shape index (κ3) is 8.60. The quantitative estimate of drug-likeness (QED) is 0.394. The molecule has 0 saturated carbocycles. The lowest BCUT2D eigenvalue weighted by atomic mass is 10.0. The number of halogens is 1. The molecule has 202 valence electrons. The van der Waals surface area contributed by atoms with Crippen molar-refractivity contribution in [2.45, 2.75) is 45.3 Å². The molecule has 0 bridgehead atoms. The molecule has 3 rings (SSSR count). The van der Waals surface area contributed by atoms with E-state index in [1.165, 1.54) is 4.90 Å². The zero-order valence-corrected chi connectivity index (χ0v) is 23.7. The van der Waals surface area contributed by atoms with Crippen LogP contribution in [0.4, 0.5) is 5.69 Å². The minimum absolute atomic E-state index is 0.0947. The maximum Gasteiger partial charge on any atom is 0.244 e. The van der Waals surface area contributed by atoms with Gasteiger partial charge in [-0.25, -0.2) is 8.42 Å². The van der Waals surface area contributed by atoms with Crippen molar-refractivity contribution in [3.8, 4) is 0 Å². The van der Waals surface area contributed by atoms with E-state index in [0.717, 1.165) is 21.7 Å². The van der Waals surface area contributed by atoms with Crippen molar-refractivity contribution in [1.29, 1.82) is 0 Å². The largest absolute Gasteiger partial charge is 0.350 e. The summed E-state index contributed by atoms with van der Waals surface area (Å²) in [5, 5.41) is 3.55. The van der Waals surface area contributed by atoms with E-state index in [-0.39, 0.29) is 18.9 Å². The molecule has 0 aliphatic carbocycles. The maximum absolute atomic E-state index is 14.0. The monoisotopic (exact) mass is 555 g/mol. The fourth-order valence-electron chi connectivity index (χ4n) is 4.00. The minimum atomic E-state index is -3.79. The molecule has 0 aromatic heterocycles. The second-order valence-corrected chi connectivity index (χ2v) is 12.5. The lowest BCUT2D eigenvalue weighted by Crippen LogP contribution is -2.56. The van der Waals surface area contributed by atoms with Gasteiger partial charge in [-0.1, -0.05) is 72.3 Å². The van der Waals surface area contributed by atoms with Crippen molar-refractivity contribution in [2.75, 3.05) is 17.1 Å². The molecule has 3 aromatic rings. The highest BCUT2D eigenvalue weighted by Gasteiger charge is 2.34. The highest BCUT2D eigenvalue weighted by molar-refractivity contribution is 7.92. The Morgan fingerprint density at radius 2 is 1.42 bits per heavy atom. The topological polar surface area (TPSA) is 86.8 Å². The number of anilines is 1. The summed E-state index contributed by atoms with van der Waals surface area (Å²) in [6.45, 7) is 5.26. The molecular formula is C29H34ClN3O4S.